The molecule has 4 nitrogen and oxygen atoms in total. The zero-order valence-electron chi connectivity index (χ0n) is 10.4. The average molecular weight is 370 g/mol. The van der Waals surface area contributed by atoms with Gasteiger partial charge in [-0.3, -0.25) is 9.59 Å². The molecule has 1 aromatic heterocycles. The second kappa shape index (κ2) is 5.20. The Labute approximate surface area is 132 Å². The summed E-state index contributed by atoms with van der Waals surface area (Å²) in [6.45, 7) is 0.128. The molecule has 21 heavy (non-hydrogen) atoms. The Kier molecular flexibility index (Phi) is 3.51. The molecule has 2 heterocycles. The van der Waals surface area contributed by atoms with Gasteiger partial charge in [0.1, 0.15) is 11.0 Å². The maximum Gasteiger partial charge on any atom is 0.299 e. The van der Waals surface area contributed by atoms with Crippen molar-refractivity contribution in [1.82, 2.24) is 4.98 Å². The topological polar surface area (TPSA) is 50.3 Å². The Morgan fingerprint density at radius 3 is 2.71 bits per heavy atom. The van der Waals surface area contributed by atoms with E-state index >= 15 is 0 Å². The molecule has 0 N–H and O–H groups in total. The lowest BCUT2D eigenvalue weighted by molar-refractivity contribution is -0.114. The fourth-order valence-corrected chi connectivity index (χ4v) is 2.58. The Hall–Kier alpha value is -1.79. The third-order valence-corrected chi connectivity index (χ3v) is 3.97. The molecule has 2 aromatic rings. The number of carbonyl (C=O) groups is 2. The maximum atomic E-state index is 13.7. The number of pyridine rings is 1. The van der Waals surface area contributed by atoms with Crippen molar-refractivity contribution in [3.8, 4) is 0 Å². The summed E-state index contributed by atoms with van der Waals surface area (Å²) in [6.07, 6.45) is 1.51. The number of hydrogen-bond donors (Lipinski definition) is 0. The molecular weight excluding hydrogens is 363 g/mol. The fourth-order valence-electron chi connectivity index (χ4n) is 2.13. The van der Waals surface area contributed by atoms with Crippen molar-refractivity contribution in [2.24, 2.45) is 0 Å². The van der Waals surface area contributed by atoms with Crippen LogP contribution in [0.15, 0.2) is 34.9 Å². The van der Waals surface area contributed by atoms with Crippen LogP contribution in [-0.4, -0.2) is 16.7 Å². The maximum absolute atomic E-state index is 13.7. The van der Waals surface area contributed by atoms with Crippen molar-refractivity contribution in [3.05, 3.63) is 57.0 Å². The number of halogens is 3. The lowest BCUT2D eigenvalue weighted by Crippen LogP contribution is -2.29. The highest BCUT2D eigenvalue weighted by Gasteiger charge is 2.36. The minimum absolute atomic E-state index is 0.128. The predicted octanol–water partition coefficient (Wildman–Crippen LogP) is 3.37. The van der Waals surface area contributed by atoms with Gasteiger partial charge in [0.05, 0.1) is 22.3 Å². The van der Waals surface area contributed by atoms with Crippen molar-refractivity contribution < 1.29 is 14.0 Å². The van der Waals surface area contributed by atoms with Crippen molar-refractivity contribution in [2.75, 3.05) is 4.90 Å². The first-order valence-electron chi connectivity index (χ1n) is 5.93. The highest BCUT2D eigenvalue weighted by molar-refractivity contribution is 9.10. The van der Waals surface area contributed by atoms with Gasteiger partial charge in [0.2, 0.25) is 0 Å². The van der Waals surface area contributed by atoms with Gasteiger partial charge in [-0.05, 0) is 39.7 Å². The van der Waals surface area contributed by atoms with Gasteiger partial charge in [0, 0.05) is 6.20 Å². The van der Waals surface area contributed by atoms with Gasteiger partial charge in [0.15, 0.2) is 0 Å². The van der Waals surface area contributed by atoms with E-state index in [1.54, 1.807) is 12.1 Å². The molecule has 0 atom stereocenters. The minimum Gasteiger partial charge on any atom is -0.300 e. The van der Waals surface area contributed by atoms with Crippen LogP contribution in [0.3, 0.4) is 0 Å². The summed E-state index contributed by atoms with van der Waals surface area (Å²) < 4.78 is 13.8. The monoisotopic (exact) mass is 368 g/mol. The summed E-state index contributed by atoms with van der Waals surface area (Å²) in [5.74, 6) is -1.86. The van der Waals surface area contributed by atoms with E-state index in [-0.39, 0.29) is 22.3 Å². The number of rotatable bonds is 2. The van der Waals surface area contributed by atoms with E-state index in [0.717, 1.165) is 0 Å². The summed E-state index contributed by atoms with van der Waals surface area (Å²) >= 11 is 8.71. The number of carbonyl (C=O) groups excluding carboxylic acids is 2. The first kappa shape index (κ1) is 14.2. The number of Topliss-reactive ketones (excluding diaryl/α,β-unsaturated/α-hetero) is 1. The number of amides is 1. The first-order chi connectivity index (χ1) is 9.97. The predicted molar refractivity (Wildman–Crippen MR) is 78.9 cm³/mol. The summed E-state index contributed by atoms with van der Waals surface area (Å²) in [5, 5.41) is 0.331. The van der Waals surface area contributed by atoms with E-state index in [2.05, 4.69) is 20.9 Å². The molecule has 0 saturated heterocycles. The minimum atomic E-state index is -0.683. The first-order valence-corrected chi connectivity index (χ1v) is 7.10. The van der Waals surface area contributed by atoms with Gasteiger partial charge in [-0.2, -0.15) is 0 Å². The third kappa shape index (κ3) is 2.45. The van der Waals surface area contributed by atoms with E-state index in [1.165, 1.54) is 23.2 Å². The lowest BCUT2D eigenvalue weighted by atomic mass is 10.1. The molecule has 1 amide bonds. The smallest absolute Gasteiger partial charge is 0.299 e. The van der Waals surface area contributed by atoms with E-state index in [9.17, 15) is 14.0 Å². The molecular formula is C14H7BrClFN2O2. The molecule has 0 radical (unpaired) electrons. The molecule has 106 valence electrons. The average Bonchev–Trinajstić information content (AvgIpc) is 2.67. The van der Waals surface area contributed by atoms with Gasteiger partial charge < -0.3 is 4.90 Å². The van der Waals surface area contributed by atoms with Crippen molar-refractivity contribution in [2.45, 2.75) is 6.54 Å². The van der Waals surface area contributed by atoms with Crippen LogP contribution >= 0.6 is 27.5 Å². The van der Waals surface area contributed by atoms with E-state index < -0.39 is 17.5 Å². The van der Waals surface area contributed by atoms with Crippen molar-refractivity contribution in [3.63, 3.8) is 0 Å². The molecule has 0 bridgehead atoms. The standard InChI is InChI=1S/C14H7BrClFN2O2/c15-9-3-8-11(4-10(9)17)19(14(21)13(8)20)6-7-1-2-12(16)18-5-7/h1-5H,6H2. The third-order valence-electron chi connectivity index (χ3n) is 3.14. The number of hydrogen-bond acceptors (Lipinski definition) is 3. The largest absolute Gasteiger partial charge is 0.300 e. The van der Waals surface area contributed by atoms with Crippen molar-refractivity contribution >= 4 is 44.9 Å². The zero-order valence-corrected chi connectivity index (χ0v) is 12.8. The number of anilines is 1. The number of fused-ring (bicyclic) bond motifs is 1. The van der Waals surface area contributed by atoms with Crippen LogP contribution in [0.25, 0.3) is 0 Å². The highest BCUT2D eigenvalue weighted by Crippen LogP contribution is 2.34. The van der Waals surface area contributed by atoms with Gasteiger partial charge in [-0.25, -0.2) is 9.37 Å². The zero-order chi connectivity index (χ0) is 15.1. The highest BCUT2D eigenvalue weighted by atomic mass is 79.9. The van der Waals surface area contributed by atoms with Crippen molar-refractivity contribution in [1.29, 1.82) is 0 Å². The van der Waals surface area contributed by atoms with Crippen LogP contribution in [0, 0.1) is 5.82 Å². The number of benzene rings is 1. The van der Waals surface area contributed by atoms with Crippen LogP contribution in [0.1, 0.15) is 15.9 Å². The molecule has 1 aliphatic heterocycles. The van der Waals surface area contributed by atoms with E-state index in [4.69, 9.17) is 11.6 Å². The second-order valence-corrected chi connectivity index (χ2v) is 5.73. The quantitative estimate of drug-likeness (QED) is 0.602. The molecule has 0 fully saturated rings. The molecule has 3 rings (SSSR count). The van der Waals surface area contributed by atoms with Gasteiger partial charge >= 0.3 is 0 Å². The van der Waals surface area contributed by atoms with Crippen LogP contribution in [0.4, 0.5) is 10.1 Å². The van der Waals surface area contributed by atoms with Gasteiger partial charge in [0.25, 0.3) is 11.7 Å². The van der Waals surface area contributed by atoms with Crippen LogP contribution < -0.4 is 4.90 Å². The van der Waals surface area contributed by atoms with Crippen LogP contribution in [0.5, 0.6) is 0 Å². The SMILES string of the molecule is O=C1C(=O)N(Cc2ccc(Cl)nc2)c2cc(F)c(Br)cc21. The Morgan fingerprint density at radius 2 is 2.05 bits per heavy atom. The molecule has 1 aliphatic rings. The molecule has 0 saturated carbocycles. The van der Waals surface area contributed by atoms with Crippen LogP contribution in [0.2, 0.25) is 5.15 Å². The fraction of sp³-hybridized carbons (Fsp3) is 0.0714. The molecule has 7 heteroatoms. The second-order valence-electron chi connectivity index (χ2n) is 4.49. The summed E-state index contributed by atoms with van der Waals surface area (Å²) in [7, 11) is 0. The van der Waals surface area contributed by atoms with Gasteiger partial charge in [-0.1, -0.05) is 17.7 Å². The number of ketones is 1. The summed E-state index contributed by atoms with van der Waals surface area (Å²) in [6, 6.07) is 5.78. The summed E-state index contributed by atoms with van der Waals surface area (Å²) in [5.41, 5.74) is 1.15. The number of aromatic nitrogens is 1. The normalized spacial score (nSPS) is 13.8. The Balaban J connectivity index is 2.01. The Bertz CT molecular complexity index is 764. The number of nitrogens with zero attached hydrogens (tertiary/aromatic N) is 2. The van der Waals surface area contributed by atoms with E-state index in [1.807, 2.05) is 0 Å². The Morgan fingerprint density at radius 1 is 1.29 bits per heavy atom. The molecule has 0 spiro atoms. The molecule has 0 unspecified atom stereocenters. The lowest BCUT2D eigenvalue weighted by Gasteiger charge is -2.16. The summed E-state index contributed by atoms with van der Waals surface area (Å²) in [4.78, 5) is 29.1. The van der Waals surface area contributed by atoms with Crippen LogP contribution in [-0.2, 0) is 11.3 Å². The van der Waals surface area contributed by atoms with Gasteiger partial charge in [-0.15, -0.1) is 0 Å². The molecule has 0 aliphatic carbocycles. The van der Waals surface area contributed by atoms with E-state index in [0.29, 0.717) is 10.7 Å². The molecule has 1 aromatic carbocycles.